The van der Waals surface area contributed by atoms with E-state index in [1.807, 2.05) is 18.2 Å². The summed E-state index contributed by atoms with van der Waals surface area (Å²) in [4.78, 5) is 24.5. The molecule has 31 heavy (non-hydrogen) atoms. The van der Waals surface area contributed by atoms with Gasteiger partial charge >= 0.3 is 5.97 Å². The molecule has 3 aromatic carbocycles. The van der Waals surface area contributed by atoms with Crippen molar-refractivity contribution in [3.05, 3.63) is 90.0 Å². The highest BCUT2D eigenvalue weighted by Gasteiger charge is 2.14. The Morgan fingerprint density at radius 2 is 1.61 bits per heavy atom. The number of hydrogen-bond donors (Lipinski definition) is 1. The number of sulfone groups is 1. The number of para-hydroxylation sites is 3. The van der Waals surface area contributed by atoms with Crippen molar-refractivity contribution in [2.24, 2.45) is 0 Å². The molecule has 0 aliphatic carbocycles. The summed E-state index contributed by atoms with van der Waals surface area (Å²) in [7, 11) is -3.23. The van der Waals surface area contributed by atoms with Crippen molar-refractivity contribution >= 4 is 27.4 Å². The van der Waals surface area contributed by atoms with Gasteiger partial charge in [-0.05, 0) is 42.0 Å². The van der Waals surface area contributed by atoms with Gasteiger partial charge in [-0.2, -0.15) is 0 Å². The van der Waals surface area contributed by atoms with E-state index in [9.17, 15) is 18.0 Å². The smallest absolute Gasteiger partial charge is 0.338 e. The zero-order valence-corrected chi connectivity index (χ0v) is 17.6. The number of benzene rings is 3. The monoisotopic (exact) mass is 439 g/mol. The Morgan fingerprint density at radius 1 is 0.903 bits per heavy atom. The summed E-state index contributed by atoms with van der Waals surface area (Å²) in [5, 5.41) is 2.66. The normalized spacial score (nSPS) is 10.9. The van der Waals surface area contributed by atoms with Crippen LogP contribution in [-0.2, 0) is 25.1 Å². The molecule has 0 unspecified atom stereocenters. The molecule has 1 N–H and O–H groups in total. The lowest BCUT2D eigenvalue weighted by atomic mass is 10.1. The molecule has 3 rings (SSSR count). The van der Waals surface area contributed by atoms with Gasteiger partial charge in [0.25, 0.3) is 5.91 Å². The Morgan fingerprint density at radius 3 is 2.35 bits per heavy atom. The van der Waals surface area contributed by atoms with Crippen LogP contribution in [0.1, 0.15) is 15.9 Å². The number of anilines is 1. The fourth-order valence-electron chi connectivity index (χ4n) is 2.77. The molecule has 0 aliphatic rings. The molecule has 160 valence electrons. The summed E-state index contributed by atoms with van der Waals surface area (Å²) in [5.74, 6) is -0.386. The molecule has 3 aromatic rings. The van der Waals surface area contributed by atoms with E-state index in [1.165, 1.54) is 12.1 Å². The number of nitrogens with one attached hydrogen (secondary N) is 1. The Bertz CT molecular complexity index is 1180. The standard InChI is InChI=1S/C23H21NO6S/c1-31(27,28)16-17-8-7-9-18(14-17)23(26)29-15-22(25)24-20-12-5-6-13-21(20)30-19-10-3-2-4-11-19/h2-14H,15-16H2,1H3,(H,24,25). The fourth-order valence-corrected chi connectivity index (χ4v) is 3.55. The molecule has 8 heteroatoms. The van der Waals surface area contributed by atoms with Gasteiger partial charge in [-0.3, -0.25) is 4.79 Å². The van der Waals surface area contributed by atoms with Crippen LogP contribution in [0.5, 0.6) is 11.5 Å². The summed E-state index contributed by atoms with van der Waals surface area (Å²) >= 11 is 0. The zero-order chi connectivity index (χ0) is 22.3. The largest absolute Gasteiger partial charge is 0.455 e. The number of hydrogen-bond acceptors (Lipinski definition) is 6. The summed E-state index contributed by atoms with van der Waals surface area (Å²) in [6.07, 6.45) is 1.11. The topological polar surface area (TPSA) is 98.8 Å². The van der Waals surface area contributed by atoms with Crippen LogP contribution in [-0.4, -0.2) is 33.2 Å². The molecule has 0 atom stereocenters. The molecular formula is C23H21NO6S. The maximum atomic E-state index is 12.3. The zero-order valence-electron chi connectivity index (χ0n) is 16.8. The predicted molar refractivity (Wildman–Crippen MR) is 117 cm³/mol. The van der Waals surface area contributed by atoms with Crippen LogP contribution < -0.4 is 10.1 Å². The van der Waals surface area contributed by atoms with Crippen molar-refractivity contribution < 1.29 is 27.5 Å². The van der Waals surface area contributed by atoms with Crippen LogP contribution in [0.15, 0.2) is 78.9 Å². The van der Waals surface area contributed by atoms with Gasteiger partial charge in [0.05, 0.1) is 17.0 Å². The summed E-state index contributed by atoms with van der Waals surface area (Å²) in [5.41, 5.74) is 1.07. The average Bonchev–Trinajstić information content (AvgIpc) is 2.73. The Labute approximate surface area is 180 Å². The molecule has 0 saturated carbocycles. The molecule has 0 radical (unpaired) electrons. The number of rotatable bonds is 8. The van der Waals surface area contributed by atoms with Gasteiger partial charge in [0.2, 0.25) is 0 Å². The van der Waals surface area contributed by atoms with E-state index in [2.05, 4.69) is 5.32 Å². The second kappa shape index (κ2) is 9.90. The van der Waals surface area contributed by atoms with Crippen molar-refractivity contribution in [3.63, 3.8) is 0 Å². The molecule has 0 aromatic heterocycles. The first-order valence-corrected chi connectivity index (χ1v) is 11.4. The Kier molecular flexibility index (Phi) is 7.04. The second-order valence-electron chi connectivity index (χ2n) is 6.81. The van der Waals surface area contributed by atoms with Crippen molar-refractivity contribution in [2.45, 2.75) is 5.75 Å². The van der Waals surface area contributed by atoms with Gasteiger partial charge in [-0.15, -0.1) is 0 Å². The third kappa shape index (κ3) is 6.97. The Hall–Kier alpha value is -3.65. The number of carbonyl (C=O) groups excluding carboxylic acids is 2. The lowest BCUT2D eigenvalue weighted by Crippen LogP contribution is -2.21. The van der Waals surface area contributed by atoms with Gasteiger partial charge < -0.3 is 14.8 Å². The molecule has 0 spiro atoms. The van der Waals surface area contributed by atoms with Crippen LogP contribution in [0.3, 0.4) is 0 Å². The van der Waals surface area contributed by atoms with Crippen LogP contribution in [0.2, 0.25) is 0 Å². The van der Waals surface area contributed by atoms with Gasteiger partial charge in [0.15, 0.2) is 22.2 Å². The lowest BCUT2D eigenvalue weighted by molar-refractivity contribution is -0.119. The predicted octanol–water partition coefficient (Wildman–Crippen LogP) is 3.82. The highest BCUT2D eigenvalue weighted by atomic mass is 32.2. The average molecular weight is 439 g/mol. The number of ether oxygens (including phenoxy) is 2. The highest BCUT2D eigenvalue weighted by molar-refractivity contribution is 7.89. The molecular weight excluding hydrogens is 418 g/mol. The van der Waals surface area contributed by atoms with E-state index >= 15 is 0 Å². The molecule has 0 aliphatic heterocycles. The summed E-state index contributed by atoms with van der Waals surface area (Å²) in [6.45, 7) is -0.505. The van der Waals surface area contributed by atoms with E-state index in [0.29, 0.717) is 22.7 Å². The maximum Gasteiger partial charge on any atom is 0.338 e. The van der Waals surface area contributed by atoms with Crippen LogP contribution in [0, 0.1) is 0 Å². The third-order valence-electron chi connectivity index (χ3n) is 4.06. The SMILES string of the molecule is CS(=O)(=O)Cc1cccc(C(=O)OCC(=O)Nc2ccccc2Oc2ccccc2)c1. The van der Waals surface area contributed by atoms with Crippen molar-refractivity contribution in [1.29, 1.82) is 0 Å². The first-order valence-electron chi connectivity index (χ1n) is 9.36. The quantitative estimate of drug-likeness (QED) is 0.536. The van der Waals surface area contributed by atoms with Gasteiger partial charge in [-0.1, -0.05) is 42.5 Å². The first kappa shape index (κ1) is 22.0. The van der Waals surface area contributed by atoms with Crippen molar-refractivity contribution in [1.82, 2.24) is 0 Å². The van der Waals surface area contributed by atoms with Crippen LogP contribution >= 0.6 is 0 Å². The van der Waals surface area contributed by atoms with E-state index in [1.54, 1.807) is 48.5 Å². The molecule has 1 amide bonds. The minimum absolute atomic E-state index is 0.168. The minimum atomic E-state index is -3.23. The first-order chi connectivity index (χ1) is 14.8. The third-order valence-corrected chi connectivity index (χ3v) is 4.92. The molecule has 0 fully saturated rings. The van der Waals surface area contributed by atoms with Gasteiger partial charge in [0.1, 0.15) is 5.75 Å². The molecule has 7 nitrogen and oxygen atoms in total. The minimum Gasteiger partial charge on any atom is -0.455 e. The molecule has 0 bridgehead atoms. The fraction of sp³-hybridized carbons (Fsp3) is 0.130. The Balaban J connectivity index is 1.60. The van der Waals surface area contributed by atoms with E-state index in [4.69, 9.17) is 9.47 Å². The number of esters is 1. The lowest BCUT2D eigenvalue weighted by Gasteiger charge is -2.12. The second-order valence-corrected chi connectivity index (χ2v) is 8.95. The number of amides is 1. The van der Waals surface area contributed by atoms with Gasteiger partial charge in [0, 0.05) is 6.26 Å². The van der Waals surface area contributed by atoms with Crippen molar-refractivity contribution in [3.8, 4) is 11.5 Å². The van der Waals surface area contributed by atoms with Crippen LogP contribution in [0.4, 0.5) is 5.69 Å². The van der Waals surface area contributed by atoms with E-state index < -0.39 is 28.3 Å². The molecule has 0 heterocycles. The number of carbonyl (C=O) groups is 2. The van der Waals surface area contributed by atoms with E-state index in [0.717, 1.165) is 6.26 Å². The van der Waals surface area contributed by atoms with Crippen molar-refractivity contribution in [2.75, 3.05) is 18.2 Å². The summed E-state index contributed by atoms with van der Waals surface area (Å²) < 4.78 is 33.7. The van der Waals surface area contributed by atoms with E-state index in [-0.39, 0.29) is 11.3 Å². The van der Waals surface area contributed by atoms with Crippen LogP contribution in [0.25, 0.3) is 0 Å². The van der Waals surface area contributed by atoms with Gasteiger partial charge in [-0.25, -0.2) is 13.2 Å². The highest BCUT2D eigenvalue weighted by Crippen LogP contribution is 2.29. The molecule has 0 saturated heterocycles. The maximum absolute atomic E-state index is 12.3. The summed E-state index contributed by atoms with van der Waals surface area (Å²) in [6, 6.07) is 22.1.